The van der Waals surface area contributed by atoms with Gasteiger partial charge in [0.05, 0.1) is 7.11 Å². The van der Waals surface area contributed by atoms with E-state index in [1.807, 2.05) is 32.0 Å². The Labute approximate surface area is 123 Å². The molecule has 6 heteroatoms. The second kappa shape index (κ2) is 5.83. The Kier molecular flexibility index (Phi) is 4.14. The van der Waals surface area contributed by atoms with Crippen LogP contribution in [0.15, 0.2) is 24.3 Å². The molecule has 0 saturated carbocycles. The first-order valence-corrected chi connectivity index (χ1v) is 6.47. The highest BCUT2D eigenvalue weighted by atomic mass is 32.1. The van der Waals surface area contributed by atoms with Crippen LogP contribution < -0.4 is 15.8 Å². The summed E-state index contributed by atoms with van der Waals surface area (Å²) in [5.74, 6) is 1.31. The van der Waals surface area contributed by atoms with Gasteiger partial charge in [0.2, 0.25) is 5.95 Å². The molecule has 1 aromatic carbocycles. The molecule has 0 aliphatic heterocycles. The van der Waals surface area contributed by atoms with Crippen molar-refractivity contribution in [2.45, 2.75) is 13.8 Å². The topological polar surface area (TPSA) is 73.1 Å². The fourth-order valence-electron chi connectivity index (χ4n) is 1.84. The maximum absolute atomic E-state index is 5.60. The summed E-state index contributed by atoms with van der Waals surface area (Å²) in [6.07, 6.45) is 0. The molecule has 2 rings (SSSR count). The van der Waals surface area contributed by atoms with Crippen molar-refractivity contribution in [2.24, 2.45) is 5.73 Å². The standard InChI is InChI=1S/C14H16N4OS/c1-8-6-10(4-5-12(8)19-3)17-14-16-9(2)7-11(18-14)13(15)20/h4-7H,1-3H3,(H2,15,20)(H,16,17,18). The number of nitrogens with two attached hydrogens (primary N) is 1. The van der Waals surface area contributed by atoms with E-state index in [1.54, 1.807) is 13.2 Å². The zero-order valence-corrected chi connectivity index (χ0v) is 12.4. The number of aromatic nitrogens is 2. The molecule has 0 aliphatic rings. The zero-order valence-electron chi connectivity index (χ0n) is 11.6. The normalized spacial score (nSPS) is 10.2. The Bertz CT molecular complexity index is 658. The third kappa shape index (κ3) is 3.21. The number of benzene rings is 1. The molecule has 2 aromatic rings. The van der Waals surface area contributed by atoms with Gasteiger partial charge in [-0.05, 0) is 43.7 Å². The molecule has 20 heavy (non-hydrogen) atoms. The van der Waals surface area contributed by atoms with Crippen LogP contribution in [0.1, 0.15) is 17.0 Å². The molecule has 3 N–H and O–H groups in total. The molecule has 0 bridgehead atoms. The molecule has 0 saturated heterocycles. The second-order valence-electron chi connectivity index (χ2n) is 4.39. The van der Waals surface area contributed by atoms with Crippen molar-refractivity contribution in [1.29, 1.82) is 0 Å². The van der Waals surface area contributed by atoms with Crippen LogP contribution in [0.3, 0.4) is 0 Å². The predicted molar refractivity (Wildman–Crippen MR) is 83.7 cm³/mol. The van der Waals surface area contributed by atoms with E-state index in [2.05, 4.69) is 15.3 Å². The van der Waals surface area contributed by atoms with E-state index in [-0.39, 0.29) is 4.99 Å². The summed E-state index contributed by atoms with van der Waals surface area (Å²) in [5, 5.41) is 3.14. The number of aryl methyl sites for hydroxylation is 2. The number of thiocarbonyl (C=S) groups is 1. The molecule has 0 spiro atoms. The fourth-order valence-corrected chi connectivity index (χ4v) is 1.94. The number of rotatable bonds is 4. The highest BCUT2D eigenvalue weighted by Crippen LogP contribution is 2.23. The Hall–Kier alpha value is -2.21. The molecule has 0 aliphatic carbocycles. The quantitative estimate of drug-likeness (QED) is 0.842. The molecule has 0 radical (unpaired) electrons. The monoisotopic (exact) mass is 288 g/mol. The van der Waals surface area contributed by atoms with Crippen LogP contribution in [0.4, 0.5) is 11.6 Å². The average Bonchev–Trinajstić information content (AvgIpc) is 2.38. The number of ether oxygens (including phenoxy) is 1. The molecule has 5 nitrogen and oxygen atoms in total. The van der Waals surface area contributed by atoms with Crippen molar-refractivity contribution in [3.05, 3.63) is 41.2 Å². The largest absolute Gasteiger partial charge is 0.496 e. The van der Waals surface area contributed by atoms with Crippen molar-refractivity contribution in [1.82, 2.24) is 9.97 Å². The number of hydrogen-bond acceptors (Lipinski definition) is 5. The van der Waals surface area contributed by atoms with Crippen LogP contribution >= 0.6 is 12.2 Å². The minimum Gasteiger partial charge on any atom is -0.496 e. The van der Waals surface area contributed by atoms with E-state index in [0.29, 0.717) is 11.6 Å². The Morgan fingerprint density at radius 2 is 2.00 bits per heavy atom. The van der Waals surface area contributed by atoms with E-state index in [9.17, 15) is 0 Å². The van der Waals surface area contributed by atoms with E-state index >= 15 is 0 Å². The number of hydrogen-bond donors (Lipinski definition) is 2. The number of methoxy groups -OCH3 is 1. The Morgan fingerprint density at radius 3 is 2.60 bits per heavy atom. The van der Waals surface area contributed by atoms with Gasteiger partial charge in [0.15, 0.2) is 0 Å². The first-order chi connectivity index (χ1) is 9.49. The number of anilines is 2. The third-order valence-corrected chi connectivity index (χ3v) is 2.97. The predicted octanol–water partition coefficient (Wildman–Crippen LogP) is 2.48. The molecule has 0 atom stereocenters. The molecule has 0 fully saturated rings. The minimum absolute atomic E-state index is 0.254. The first kappa shape index (κ1) is 14.2. The van der Waals surface area contributed by atoms with Gasteiger partial charge < -0.3 is 15.8 Å². The highest BCUT2D eigenvalue weighted by molar-refractivity contribution is 7.80. The SMILES string of the molecule is COc1ccc(Nc2nc(C)cc(C(N)=S)n2)cc1C. The molecule has 1 aromatic heterocycles. The van der Waals surface area contributed by atoms with E-state index < -0.39 is 0 Å². The second-order valence-corrected chi connectivity index (χ2v) is 4.83. The summed E-state index contributed by atoms with van der Waals surface area (Å²) in [6, 6.07) is 7.51. The molecular formula is C14H16N4OS. The van der Waals surface area contributed by atoms with Crippen LogP contribution in [-0.2, 0) is 0 Å². The lowest BCUT2D eigenvalue weighted by Gasteiger charge is -2.10. The third-order valence-electron chi connectivity index (χ3n) is 2.76. The summed E-state index contributed by atoms with van der Waals surface area (Å²) >= 11 is 4.94. The number of nitrogens with one attached hydrogen (secondary N) is 1. The summed E-state index contributed by atoms with van der Waals surface area (Å²) < 4.78 is 5.23. The van der Waals surface area contributed by atoms with Gasteiger partial charge in [-0.1, -0.05) is 12.2 Å². The van der Waals surface area contributed by atoms with Gasteiger partial charge in [-0.15, -0.1) is 0 Å². The van der Waals surface area contributed by atoms with Crippen LogP contribution in [0.5, 0.6) is 5.75 Å². The number of nitrogens with zero attached hydrogens (tertiary/aromatic N) is 2. The summed E-state index contributed by atoms with van der Waals surface area (Å²) in [6.45, 7) is 3.84. The van der Waals surface area contributed by atoms with E-state index in [0.717, 1.165) is 22.7 Å². The molecule has 104 valence electrons. The van der Waals surface area contributed by atoms with Crippen molar-refractivity contribution in [3.63, 3.8) is 0 Å². The minimum atomic E-state index is 0.254. The first-order valence-electron chi connectivity index (χ1n) is 6.06. The summed E-state index contributed by atoms with van der Waals surface area (Å²) in [5.41, 5.74) is 8.87. The van der Waals surface area contributed by atoms with Gasteiger partial charge >= 0.3 is 0 Å². The molecule has 0 amide bonds. The lowest BCUT2D eigenvalue weighted by atomic mass is 10.2. The van der Waals surface area contributed by atoms with Crippen LogP contribution in [0.2, 0.25) is 0 Å². The average molecular weight is 288 g/mol. The fraction of sp³-hybridized carbons (Fsp3) is 0.214. The van der Waals surface area contributed by atoms with Gasteiger partial charge in [0.1, 0.15) is 16.4 Å². The van der Waals surface area contributed by atoms with Crippen molar-refractivity contribution < 1.29 is 4.74 Å². The highest BCUT2D eigenvalue weighted by Gasteiger charge is 2.06. The summed E-state index contributed by atoms with van der Waals surface area (Å²) in [7, 11) is 1.65. The van der Waals surface area contributed by atoms with Crippen molar-refractivity contribution in [2.75, 3.05) is 12.4 Å². The van der Waals surface area contributed by atoms with Gasteiger partial charge in [0, 0.05) is 11.4 Å². The maximum atomic E-state index is 5.60. The van der Waals surface area contributed by atoms with Gasteiger partial charge in [-0.25, -0.2) is 9.97 Å². The lowest BCUT2D eigenvalue weighted by molar-refractivity contribution is 0.412. The van der Waals surface area contributed by atoms with Crippen LogP contribution in [0.25, 0.3) is 0 Å². The van der Waals surface area contributed by atoms with Gasteiger partial charge in [0.25, 0.3) is 0 Å². The summed E-state index contributed by atoms with van der Waals surface area (Å²) in [4.78, 5) is 8.85. The van der Waals surface area contributed by atoms with Crippen LogP contribution in [-0.4, -0.2) is 22.1 Å². The smallest absolute Gasteiger partial charge is 0.228 e. The maximum Gasteiger partial charge on any atom is 0.228 e. The van der Waals surface area contributed by atoms with Gasteiger partial charge in [-0.3, -0.25) is 0 Å². The van der Waals surface area contributed by atoms with E-state index in [1.165, 1.54) is 0 Å². The van der Waals surface area contributed by atoms with Crippen LogP contribution in [0, 0.1) is 13.8 Å². The Morgan fingerprint density at radius 1 is 1.25 bits per heavy atom. The van der Waals surface area contributed by atoms with E-state index in [4.69, 9.17) is 22.7 Å². The zero-order chi connectivity index (χ0) is 14.7. The van der Waals surface area contributed by atoms with Crippen molar-refractivity contribution in [3.8, 4) is 5.75 Å². The van der Waals surface area contributed by atoms with Crippen molar-refractivity contribution >= 4 is 28.8 Å². The molecule has 1 heterocycles. The molecular weight excluding hydrogens is 272 g/mol. The van der Waals surface area contributed by atoms with Gasteiger partial charge in [-0.2, -0.15) is 0 Å². The Balaban J connectivity index is 2.30. The lowest BCUT2D eigenvalue weighted by Crippen LogP contribution is -2.13. The molecule has 0 unspecified atom stereocenters.